The maximum Gasteiger partial charge on any atom is 0.170 e. The molecule has 0 amide bonds. The molecule has 0 aliphatic rings. The van der Waals surface area contributed by atoms with E-state index in [9.17, 15) is 0 Å². The summed E-state index contributed by atoms with van der Waals surface area (Å²) in [5.74, 6) is 0.594. The van der Waals surface area contributed by atoms with Gasteiger partial charge >= 0.3 is 0 Å². The van der Waals surface area contributed by atoms with E-state index in [1.165, 1.54) is 16.8 Å². The Morgan fingerprint density at radius 1 is 1.17 bits per heavy atom. The smallest absolute Gasteiger partial charge is 0.170 e. The van der Waals surface area contributed by atoms with Crippen molar-refractivity contribution in [2.45, 2.75) is 40.5 Å². The lowest BCUT2D eigenvalue weighted by atomic mass is 10.0. The van der Waals surface area contributed by atoms with Gasteiger partial charge in [-0.1, -0.05) is 45.9 Å². The third kappa shape index (κ3) is 4.30. The van der Waals surface area contributed by atoms with Gasteiger partial charge in [-0.2, -0.15) is 0 Å². The summed E-state index contributed by atoms with van der Waals surface area (Å²) >= 11 is 5.35. The molecule has 0 unspecified atom stereocenters. The van der Waals surface area contributed by atoms with E-state index < -0.39 is 0 Å². The number of thiocarbonyl (C=S) groups is 1. The lowest BCUT2D eigenvalue weighted by Gasteiger charge is -2.17. The molecule has 0 saturated carbocycles. The van der Waals surface area contributed by atoms with Crippen molar-refractivity contribution in [1.82, 2.24) is 5.32 Å². The van der Waals surface area contributed by atoms with Gasteiger partial charge in [-0.05, 0) is 42.1 Å². The first-order chi connectivity index (χ1) is 8.58. The van der Waals surface area contributed by atoms with E-state index in [4.69, 9.17) is 12.2 Å². The van der Waals surface area contributed by atoms with E-state index in [1.807, 2.05) is 0 Å². The second-order valence-corrected chi connectivity index (χ2v) is 5.30. The SMILES string of the molecule is CCc1cccc(CC)c1NC(=S)NCC(C)C. The third-order valence-electron chi connectivity index (χ3n) is 2.91. The lowest BCUT2D eigenvalue weighted by Crippen LogP contribution is -2.32. The fourth-order valence-electron chi connectivity index (χ4n) is 1.86. The molecule has 1 aromatic carbocycles. The molecule has 0 aromatic heterocycles. The van der Waals surface area contributed by atoms with Crippen molar-refractivity contribution in [2.24, 2.45) is 5.92 Å². The van der Waals surface area contributed by atoms with Crippen molar-refractivity contribution in [2.75, 3.05) is 11.9 Å². The van der Waals surface area contributed by atoms with Gasteiger partial charge in [0, 0.05) is 12.2 Å². The molecule has 0 aliphatic carbocycles. The molecule has 0 atom stereocenters. The molecule has 18 heavy (non-hydrogen) atoms. The van der Waals surface area contributed by atoms with Crippen LogP contribution in [0.15, 0.2) is 18.2 Å². The maximum atomic E-state index is 5.35. The summed E-state index contributed by atoms with van der Waals surface area (Å²) in [6, 6.07) is 6.44. The molecule has 0 bridgehead atoms. The van der Waals surface area contributed by atoms with Crippen LogP contribution >= 0.6 is 12.2 Å². The van der Waals surface area contributed by atoms with Crippen LogP contribution in [0.4, 0.5) is 5.69 Å². The highest BCUT2D eigenvalue weighted by Gasteiger charge is 2.07. The zero-order valence-corrected chi connectivity index (χ0v) is 12.7. The van der Waals surface area contributed by atoms with Crippen LogP contribution < -0.4 is 10.6 Å². The van der Waals surface area contributed by atoms with Crippen LogP contribution in [0.5, 0.6) is 0 Å². The van der Waals surface area contributed by atoms with Gasteiger partial charge in [0.15, 0.2) is 5.11 Å². The van der Waals surface area contributed by atoms with Crippen molar-refractivity contribution in [3.05, 3.63) is 29.3 Å². The van der Waals surface area contributed by atoms with Crippen LogP contribution in [0.2, 0.25) is 0 Å². The minimum absolute atomic E-state index is 0.594. The molecule has 0 aliphatic heterocycles. The molecule has 1 rings (SSSR count). The summed E-state index contributed by atoms with van der Waals surface area (Å²) in [5, 5.41) is 7.33. The molecule has 100 valence electrons. The van der Waals surface area contributed by atoms with Crippen LogP contribution in [-0.2, 0) is 12.8 Å². The predicted octanol–water partition coefficient (Wildman–Crippen LogP) is 3.75. The zero-order valence-electron chi connectivity index (χ0n) is 11.8. The number of rotatable bonds is 5. The number of para-hydroxylation sites is 1. The highest BCUT2D eigenvalue weighted by atomic mass is 32.1. The highest BCUT2D eigenvalue weighted by molar-refractivity contribution is 7.80. The number of hydrogen-bond acceptors (Lipinski definition) is 1. The van der Waals surface area contributed by atoms with Gasteiger partial charge < -0.3 is 10.6 Å². The Kier molecular flexibility index (Phi) is 6.13. The van der Waals surface area contributed by atoms with E-state index in [0.717, 1.165) is 24.5 Å². The molecule has 0 fully saturated rings. The van der Waals surface area contributed by atoms with Crippen LogP contribution in [-0.4, -0.2) is 11.7 Å². The molecule has 2 nitrogen and oxygen atoms in total. The fourth-order valence-corrected chi connectivity index (χ4v) is 2.04. The number of aryl methyl sites for hydroxylation is 2. The average Bonchev–Trinajstić information content (AvgIpc) is 2.36. The first-order valence-electron chi connectivity index (χ1n) is 6.74. The summed E-state index contributed by atoms with van der Waals surface area (Å²) in [6.07, 6.45) is 2.03. The van der Waals surface area contributed by atoms with E-state index in [1.54, 1.807) is 0 Å². The topological polar surface area (TPSA) is 24.1 Å². The number of anilines is 1. The lowest BCUT2D eigenvalue weighted by molar-refractivity contribution is 0.627. The van der Waals surface area contributed by atoms with Crippen molar-refractivity contribution >= 4 is 23.0 Å². The standard InChI is InChI=1S/C15H24N2S/c1-5-12-8-7-9-13(6-2)14(12)17-15(18)16-10-11(3)4/h7-9,11H,5-6,10H2,1-4H3,(H2,16,17,18). The second kappa shape index (κ2) is 7.37. The van der Waals surface area contributed by atoms with E-state index >= 15 is 0 Å². The van der Waals surface area contributed by atoms with E-state index in [2.05, 4.69) is 56.5 Å². The van der Waals surface area contributed by atoms with Gasteiger partial charge in [0.25, 0.3) is 0 Å². The van der Waals surface area contributed by atoms with Crippen molar-refractivity contribution < 1.29 is 0 Å². The Bertz CT molecular complexity index is 377. The Balaban J connectivity index is 2.79. The van der Waals surface area contributed by atoms with Gasteiger partial charge in [-0.25, -0.2) is 0 Å². The minimum Gasteiger partial charge on any atom is -0.362 e. The van der Waals surface area contributed by atoms with Crippen molar-refractivity contribution in [1.29, 1.82) is 0 Å². The zero-order chi connectivity index (χ0) is 13.5. The molecule has 2 N–H and O–H groups in total. The largest absolute Gasteiger partial charge is 0.362 e. The number of benzene rings is 1. The third-order valence-corrected chi connectivity index (χ3v) is 3.15. The summed E-state index contributed by atoms with van der Waals surface area (Å²) in [5.41, 5.74) is 3.83. The van der Waals surface area contributed by atoms with E-state index in [0.29, 0.717) is 5.92 Å². The molecule has 0 heterocycles. The first-order valence-corrected chi connectivity index (χ1v) is 7.14. The summed E-state index contributed by atoms with van der Waals surface area (Å²) in [6.45, 7) is 9.59. The van der Waals surface area contributed by atoms with Gasteiger partial charge in [0.05, 0.1) is 0 Å². The molecule has 1 aromatic rings. The molecule has 0 saturated heterocycles. The van der Waals surface area contributed by atoms with Crippen LogP contribution in [0.3, 0.4) is 0 Å². The quantitative estimate of drug-likeness (QED) is 0.792. The van der Waals surface area contributed by atoms with Crippen LogP contribution in [0, 0.1) is 5.92 Å². The molecular weight excluding hydrogens is 240 g/mol. The molecule has 0 radical (unpaired) electrons. The van der Waals surface area contributed by atoms with Gasteiger partial charge in [0.2, 0.25) is 0 Å². The van der Waals surface area contributed by atoms with E-state index in [-0.39, 0.29) is 0 Å². The van der Waals surface area contributed by atoms with Crippen molar-refractivity contribution in [3.8, 4) is 0 Å². The summed E-state index contributed by atoms with van der Waals surface area (Å²) < 4.78 is 0. The average molecular weight is 264 g/mol. The van der Waals surface area contributed by atoms with Crippen LogP contribution in [0.25, 0.3) is 0 Å². The Labute approximate surface area is 116 Å². The number of nitrogens with one attached hydrogen (secondary N) is 2. The fraction of sp³-hybridized carbons (Fsp3) is 0.533. The van der Waals surface area contributed by atoms with Gasteiger partial charge in [-0.3, -0.25) is 0 Å². The highest BCUT2D eigenvalue weighted by Crippen LogP contribution is 2.22. The molecular formula is C15H24N2S. The van der Waals surface area contributed by atoms with Crippen LogP contribution in [0.1, 0.15) is 38.8 Å². The summed E-state index contributed by atoms with van der Waals surface area (Å²) in [4.78, 5) is 0. The normalized spacial score (nSPS) is 10.5. The van der Waals surface area contributed by atoms with Gasteiger partial charge in [0.1, 0.15) is 0 Å². The Morgan fingerprint density at radius 2 is 1.72 bits per heavy atom. The molecule has 3 heteroatoms. The Hall–Kier alpha value is -1.09. The second-order valence-electron chi connectivity index (χ2n) is 4.89. The maximum absolute atomic E-state index is 5.35. The minimum atomic E-state index is 0.594. The monoisotopic (exact) mass is 264 g/mol. The first kappa shape index (κ1) is 15.0. The molecule has 0 spiro atoms. The van der Waals surface area contributed by atoms with Gasteiger partial charge in [-0.15, -0.1) is 0 Å². The predicted molar refractivity (Wildman–Crippen MR) is 84.3 cm³/mol. The summed E-state index contributed by atoms with van der Waals surface area (Å²) in [7, 11) is 0. The Morgan fingerprint density at radius 3 is 2.17 bits per heavy atom. The van der Waals surface area contributed by atoms with Crippen molar-refractivity contribution in [3.63, 3.8) is 0 Å². The number of hydrogen-bond donors (Lipinski definition) is 2.